The Morgan fingerprint density at radius 3 is 2.53 bits per heavy atom. The predicted octanol–water partition coefficient (Wildman–Crippen LogP) is 3.84. The van der Waals surface area contributed by atoms with Gasteiger partial charge < -0.3 is 9.32 Å². The Hall–Kier alpha value is -1.55. The van der Waals surface area contributed by atoms with Gasteiger partial charge in [-0.15, -0.1) is 0 Å². The van der Waals surface area contributed by atoms with Crippen LogP contribution in [0.4, 0.5) is 0 Å². The van der Waals surface area contributed by atoms with Crippen LogP contribution < -0.4 is 0 Å². The normalized spacial score (nSPS) is 10.4. The van der Waals surface area contributed by atoms with E-state index in [1.54, 1.807) is 11.2 Å². The van der Waals surface area contributed by atoms with Crippen molar-refractivity contribution in [2.24, 2.45) is 0 Å². The summed E-state index contributed by atoms with van der Waals surface area (Å²) in [6.45, 7) is 3.12. The van der Waals surface area contributed by atoms with Gasteiger partial charge in [0.1, 0.15) is 5.76 Å². The fourth-order valence-corrected chi connectivity index (χ4v) is 2.21. The topological polar surface area (TPSA) is 33.5 Å². The zero-order valence-corrected chi connectivity index (χ0v) is 12.4. The van der Waals surface area contributed by atoms with Crippen molar-refractivity contribution in [2.75, 3.05) is 6.54 Å². The molecule has 3 nitrogen and oxygen atoms in total. The highest BCUT2D eigenvalue weighted by Gasteiger charge is 2.15. The number of carbonyl (C=O) groups is 1. The van der Waals surface area contributed by atoms with Crippen LogP contribution in [0.3, 0.4) is 0 Å². The van der Waals surface area contributed by atoms with E-state index in [1.165, 1.54) is 0 Å². The molecule has 0 spiro atoms. The third kappa shape index (κ3) is 3.47. The molecule has 0 saturated heterocycles. The lowest BCUT2D eigenvalue weighted by molar-refractivity contribution is 0.0741. The molecule has 1 amide bonds. The molecular formula is C15H16BrNO2. The Bertz CT molecular complexity index is 520. The van der Waals surface area contributed by atoms with Crippen LogP contribution in [-0.2, 0) is 11.9 Å². The monoisotopic (exact) mass is 321 g/mol. The van der Waals surface area contributed by atoms with Gasteiger partial charge in [0.2, 0.25) is 0 Å². The van der Waals surface area contributed by atoms with E-state index in [2.05, 4.69) is 15.9 Å². The molecule has 2 rings (SSSR count). The van der Waals surface area contributed by atoms with Crippen LogP contribution in [0.1, 0.15) is 28.6 Å². The summed E-state index contributed by atoms with van der Waals surface area (Å²) in [4.78, 5) is 14.1. The smallest absolute Gasteiger partial charge is 0.254 e. The van der Waals surface area contributed by atoms with E-state index in [-0.39, 0.29) is 5.91 Å². The molecule has 1 heterocycles. The lowest BCUT2D eigenvalue weighted by atomic mass is 10.1. The average Bonchev–Trinajstić information content (AvgIpc) is 2.97. The van der Waals surface area contributed by atoms with Gasteiger partial charge in [0.15, 0.2) is 0 Å². The summed E-state index contributed by atoms with van der Waals surface area (Å²) < 4.78 is 5.29. The van der Waals surface area contributed by atoms with Gasteiger partial charge in [-0.25, -0.2) is 0 Å². The minimum Gasteiger partial charge on any atom is -0.467 e. The molecule has 0 unspecified atom stereocenters. The second-order valence-electron chi connectivity index (χ2n) is 4.23. The SMILES string of the molecule is CCN(Cc1ccco1)C(=O)c1ccc(CBr)cc1. The van der Waals surface area contributed by atoms with Crippen molar-refractivity contribution in [3.63, 3.8) is 0 Å². The quantitative estimate of drug-likeness (QED) is 0.784. The molecule has 0 atom stereocenters. The minimum atomic E-state index is 0.0278. The van der Waals surface area contributed by atoms with Gasteiger partial charge in [0, 0.05) is 17.4 Å². The molecule has 4 heteroatoms. The average molecular weight is 322 g/mol. The maximum atomic E-state index is 12.4. The van der Waals surface area contributed by atoms with E-state index in [1.807, 2.05) is 43.3 Å². The van der Waals surface area contributed by atoms with Crippen molar-refractivity contribution in [1.29, 1.82) is 0 Å². The number of benzene rings is 1. The van der Waals surface area contributed by atoms with Crippen LogP contribution in [0, 0.1) is 0 Å². The van der Waals surface area contributed by atoms with Crippen molar-refractivity contribution in [1.82, 2.24) is 4.90 Å². The molecule has 0 fully saturated rings. The number of nitrogens with zero attached hydrogens (tertiary/aromatic N) is 1. The third-order valence-electron chi connectivity index (χ3n) is 2.95. The van der Waals surface area contributed by atoms with Gasteiger partial charge in [-0.05, 0) is 36.8 Å². The maximum Gasteiger partial charge on any atom is 0.254 e. The lowest BCUT2D eigenvalue weighted by Gasteiger charge is -2.19. The van der Waals surface area contributed by atoms with Gasteiger partial charge in [-0.3, -0.25) is 4.79 Å². The van der Waals surface area contributed by atoms with E-state index in [0.29, 0.717) is 18.7 Å². The van der Waals surface area contributed by atoms with Crippen LogP contribution >= 0.6 is 15.9 Å². The van der Waals surface area contributed by atoms with Crippen LogP contribution in [0.2, 0.25) is 0 Å². The highest BCUT2D eigenvalue weighted by Crippen LogP contribution is 2.13. The molecule has 0 aliphatic heterocycles. The summed E-state index contributed by atoms with van der Waals surface area (Å²) in [5, 5.41) is 0.797. The predicted molar refractivity (Wildman–Crippen MR) is 78.2 cm³/mol. The maximum absolute atomic E-state index is 12.4. The molecule has 0 radical (unpaired) electrons. The Kier molecular flexibility index (Phi) is 4.80. The minimum absolute atomic E-state index is 0.0278. The third-order valence-corrected chi connectivity index (χ3v) is 3.60. The fourth-order valence-electron chi connectivity index (χ4n) is 1.84. The Morgan fingerprint density at radius 1 is 1.26 bits per heavy atom. The lowest BCUT2D eigenvalue weighted by Crippen LogP contribution is -2.30. The summed E-state index contributed by atoms with van der Waals surface area (Å²) in [5.74, 6) is 0.826. The second kappa shape index (κ2) is 6.57. The number of rotatable bonds is 5. The number of hydrogen-bond acceptors (Lipinski definition) is 2. The molecule has 19 heavy (non-hydrogen) atoms. The Balaban J connectivity index is 2.10. The van der Waals surface area contributed by atoms with Crippen molar-refractivity contribution in [2.45, 2.75) is 18.8 Å². The van der Waals surface area contributed by atoms with E-state index < -0.39 is 0 Å². The Morgan fingerprint density at radius 2 is 2.00 bits per heavy atom. The van der Waals surface area contributed by atoms with Gasteiger partial charge in [0.05, 0.1) is 12.8 Å². The number of alkyl halides is 1. The number of carbonyl (C=O) groups excluding carboxylic acids is 1. The molecule has 0 aliphatic rings. The highest BCUT2D eigenvalue weighted by atomic mass is 79.9. The summed E-state index contributed by atoms with van der Waals surface area (Å²) in [6.07, 6.45) is 1.62. The summed E-state index contributed by atoms with van der Waals surface area (Å²) >= 11 is 3.39. The molecule has 0 N–H and O–H groups in total. The standard InChI is InChI=1S/C15H16BrNO2/c1-2-17(11-14-4-3-9-19-14)15(18)13-7-5-12(10-16)6-8-13/h3-9H,2,10-11H2,1H3. The van der Waals surface area contributed by atoms with E-state index in [4.69, 9.17) is 4.42 Å². The first kappa shape index (κ1) is 13.9. The number of hydrogen-bond donors (Lipinski definition) is 0. The van der Waals surface area contributed by atoms with Crippen LogP contribution in [0.15, 0.2) is 47.1 Å². The first-order valence-corrected chi connectivity index (χ1v) is 7.33. The molecule has 0 aliphatic carbocycles. The summed E-state index contributed by atoms with van der Waals surface area (Å²) in [5.41, 5.74) is 1.86. The van der Waals surface area contributed by atoms with Crippen molar-refractivity contribution in [3.8, 4) is 0 Å². The number of halogens is 1. The molecular weight excluding hydrogens is 306 g/mol. The van der Waals surface area contributed by atoms with Gasteiger partial charge in [-0.2, -0.15) is 0 Å². The number of amides is 1. The van der Waals surface area contributed by atoms with Gasteiger partial charge in [-0.1, -0.05) is 28.1 Å². The van der Waals surface area contributed by atoms with Crippen molar-refractivity contribution in [3.05, 3.63) is 59.5 Å². The molecule has 0 saturated carbocycles. The molecule has 2 aromatic rings. The van der Waals surface area contributed by atoms with E-state index in [0.717, 1.165) is 16.7 Å². The zero-order chi connectivity index (χ0) is 13.7. The van der Waals surface area contributed by atoms with Gasteiger partial charge in [0.25, 0.3) is 5.91 Å². The molecule has 0 bridgehead atoms. The van der Waals surface area contributed by atoms with Gasteiger partial charge >= 0.3 is 0 Å². The molecule has 1 aromatic heterocycles. The summed E-state index contributed by atoms with van der Waals surface area (Å²) in [6, 6.07) is 11.4. The number of furan rings is 1. The largest absolute Gasteiger partial charge is 0.467 e. The van der Waals surface area contributed by atoms with Crippen LogP contribution in [0.5, 0.6) is 0 Å². The van der Waals surface area contributed by atoms with E-state index >= 15 is 0 Å². The molecule has 1 aromatic carbocycles. The highest BCUT2D eigenvalue weighted by molar-refractivity contribution is 9.08. The van der Waals surface area contributed by atoms with Crippen molar-refractivity contribution < 1.29 is 9.21 Å². The first-order valence-electron chi connectivity index (χ1n) is 6.21. The Labute approximate surface area is 121 Å². The van der Waals surface area contributed by atoms with Crippen molar-refractivity contribution >= 4 is 21.8 Å². The molecule has 100 valence electrons. The zero-order valence-electron chi connectivity index (χ0n) is 10.8. The second-order valence-corrected chi connectivity index (χ2v) is 4.79. The summed E-state index contributed by atoms with van der Waals surface area (Å²) in [7, 11) is 0. The van der Waals surface area contributed by atoms with E-state index in [9.17, 15) is 4.79 Å². The fraction of sp³-hybridized carbons (Fsp3) is 0.267. The first-order chi connectivity index (χ1) is 9.24. The van der Waals surface area contributed by atoms with Crippen LogP contribution in [-0.4, -0.2) is 17.4 Å². The van der Waals surface area contributed by atoms with Crippen LogP contribution in [0.25, 0.3) is 0 Å².